The molecule has 0 heterocycles. The molecule has 0 radical (unpaired) electrons. The minimum Gasteiger partial charge on any atom is -0.351 e. The summed E-state index contributed by atoms with van der Waals surface area (Å²) in [5.74, 6) is -0.0958. The van der Waals surface area contributed by atoms with E-state index in [1.165, 1.54) is 0 Å². The lowest BCUT2D eigenvalue weighted by atomic mass is 10.2. The van der Waals surface area contributed by atoms with Gasteiger partial charge in [-0.05, 0) is 54.2 Å². The minimum atomic E-state index is -0.0958. The van der Waals surface area contributed by atoms with Gasteiger partial charge >= 0.3 is 0 Å². The lowest BCUT2D eigenvalue weighted by molar-refractivity contribution is 0.0951. The Balaban J connectivity index is 2.68. The van der Waals surface area contributed by atoms with Crippen LogP contribution in [0.1, 0.15) is 24.2 Å². The Bertz CT molecular complexity index is 423. The fraction of sp³-hybridized carbons (Fsp3) is 0.417. The maximum absolute atomic E-state index is 11.9. The Kier molecular flexibility index (Phi) is 5.35. The normalized spacial score (nSPS) is 11.4. The minimum absolute atomic E-state index is 0.0365. The molecule has 0 aliphatic carbocycles. The van der Waals surface area contributed by atoms with Gasteiger partial charge in [-0.1, -0.05) is 11.6 Å². The van der Waals surface area contributed by atoms with E-state index < -0.39 is 0 Å². The van der Waals surface area contributed by atoms with Crippen LogP contribution < -0.4 is 5.32 Å². The second-order valence-corrected chi connectivity index (χ2v) is 7.05. The number of rotatable bonds is 4. The van der Waals surface area contributed by atoms with E-state index in [0.29, 0.717) is 17.1 Å². The van der Waals surface area contributed by atoms with Crippen LogP contribution in [-0.4, -0.2) is 23.5 Å². The van der Waals surface area contributed by atoms with Gasteiger partial charge < -0.3 is 5.32 Å². The topological polar surface area (TPSA) is 29.1 Å². The molecule has 0 atom stereocenters. The van der Waals surface area contributed by atoms with Crippen molar-refractivity contribution >= 4 is 45.2 Å². The van der Waals surface area contributed by atoms with Crippen molar-refractivity contribution in [3.8, 4) is 0 Å². The van der Waals surface area contributed by atoms with Gasteiger partial charge in [0.25, 0.3) is 5.91 Å². The molecule has 0 bridgehead atoms. The summed E-state index contributed by atoms with van der Waals surface area (Å²) in [5, 5.41) is 3.45. The summed E-state index contributed by atoms with van der Waals surface area (Å²) in [6.45, 7) is 4.81. The second-order valence-electron chi connectivity index (χ2n) is 4.28. The highest BCUT2D eigenvalue weighted by Gasteiger charge is 2.17. The largest absolute Gasteiger partial charge is 0.351 e. The number of hydrogen-bond donors (Lipinski definition) is 1. The molecule has 1 amide bonds. The summed E-state index contributed by atoms with van der Waals surface area (Å²) < 4.78 is 0.828. The van der Waals surface area contributed by atoms with Gasteiger partial charge in [0.15, 0.2) is 0 Å². The number of nitrogens with one attached hydrogen (secondary N) is 1. The van der Waals surface area contributed by atoms with Gasteiger partial charge in [0.05, 0.1) is 5.02 Å². The Morgan fingerprint density at radius 3 is 2.71 bits per heavy atom. The van der Waals surface area contributed by atoms with E-state index in [1.54, 1.807) is 30.0 Å². The van der Waals surface area contributed by atoms with Crippen LogP contribution in [0.4, 0.5) is 0 Å². The molecule has 1 N–H and O–H groups in total. The summed E-state index contributed by atoms with van der Waals surface area (Å²) in [6.07, 6.45) is 2.03. The van der Waals surface area contributed by atoms with Crippen molar-refractivity contribution in [1.29, 1.82) is 0 Å². The highest BCUT2D eigenvalue weighted by Crippen LogP contribution is 2.23. The first-order chi connectivity index (χ1) is 7.85. The molecular weight excluding hydrogens is 322 g/mol. The van der Waals surface area contributed by atoms with Gasteiger partial charge in [0.1, 0.15) is 0 Å². The van der Waals surface area contributed by atoms with E-state index >= 15 is 0 Å². The third kappa shape index (κ3) is 4.53. The van der Waals surface area contributed by atoms with Crippen molar-refractivity contribution in [2.45, 2.75) is 18.6 Å². The summed E-state index contributed by atoms with van der Waals surface area (Å²) in [5.41, 5.74) is 0.579. The molecule has 17 heavy (non-hydrogen) atoms. The van der Waals surface area contributed by atoms with Gasteiger partial charge in [-0.25, -0.2) is 0 Å². The lowest BCUT2D eigenvalue weighted by Crippen LogP contribution is -2.36. The quantitative estimate of drug-likeness (QED) is 0.901. The van der Waals surface area contributed by atoms with Crippen molar-refractivity contribution < 1.29 is 4.79 Å². The number of benzene rings is 1. The van der Waals surface area contributed by atoms with Gasteiger partial charge in [-0.2, -0.15) is 11.8 Å². The van der Waals surface area contributed by atoms with Crippen LogP contribution in [0.2, 0.25) is 5.02 Å². The molecule has 0 spiro atoms. The first-order valence-corrected chi connectivity index (χ1v) is 7.54. The van der Waals surface area contributed by atoms with Crippen LogP contribution >= 0.6 is 39.3 Å². The zero-order chi connectivity index (χ0) is 13.1. The van der Waals surface area contributed by atoms with Crippen molar-refractivity contribution in [3.05, 3.63) is 33.3 Å². The zero-order valence-electron chi connectivity index (χ0n) is 10.0. The number of carbonyl (C=O) groups is 1. The smallest absolute Gasteiger partial charge is 0.251 e. The molecule has 0 aliphatic rings. The molecular formula is C12H15BrClNOS. The Morgan fingerprint density at radius 2 is 2.18 bits per heavy atom. The summed E-state index contributed by atoms with van der Waals surface area (Å²) in [6, 6.07) is 5.18. The lowest BCUT2D eigenvalue weighted by Gasteiger charge is -2.22. The fourth-order valence-corrected chi connectivity index (χ4v) is 1.75. The molecule has 0 fully saturated rings. The van der Waals surface area contributed by atoms with E-state index in [2.05, 4.69) is 35.1 Å². The van der Waals surface area contributed by atoms with Gasteiger partial charge in [0.2, 0.25) is 0 Å². The average molecular weight is 337 g/mol. The van der Waals surface area contributed by atoms with Crippen LogP contribution in [0.25, 0.3) is 0 Å². The van der Waals surface area contributed by atoms with Crippen molar-refractivity contribution in [1.82, 2.24) is 5.32 Å². The molecule has 0 saturated heterocycles. The highest BCUT2D eigenvalue weighted by atomic mass is 79.9. The van der Waals surface area contributed by atoms with Gasteiger partial charge in [-0.15, -0.1) is 0 Å². The van der Waals surface area contributed by atoms with Crippen molar-refractivity contribution in [2.24, 2.45) is 0 Å². The molecule has 0 unspecified atom stereocenters. The Hall–Kier alpha value is -0.190. The van der Waals surface area contributed by atoms with E-state index in [1.807, 2.05) is 6.26 Å². The molecule has 0 saturated carbocycles. The van der Waals surface area contributed by atoms with Crippen LogP contribution in [0.15, 0.2) is 22.7 Å². The molecule has 1 rings (SSSR count). The number of hydrogen-bond acceptors (Lipinski definition) is 2. The third-order valence-electron chi connectivity index (χ3n) is 2.41. The van der Waals surface area contributed by atoms with E-state index in [-0.39, 0.29) is 10.7 Å². The second kappa shape index (κ2) is 6.12. The number of amides is 1. The third-order valence-corrected chi connectivity index (χ3v) is 4.89. The molecule has 0 aromatic heterocycles. The first kappa shape index (κ1) is 14.9. The SMILES string of the molecule is CSC(C)(C)CNC(=O)c1ccc(Br)c(Cl)c1. The van der Waals surface area contributed by atoms with E-state index in [0.717, 1.165) is 4.47 Å². The fourth-order valence-electron chi connectivity index (χ4n) is 1.10. The molecule has 2 nitrogen and oxygen atoms in total. The monoisotopic (exact) mass is 335 g/mol. The summed E-state index contributed by atoms with van der Waals surface area (Å²) in [7, 11) is 0. The Labute approximate surface area is 120 Å². The van der Waals surface area contributed by atoms with Crippen molar-refractivity contribution in [2.75, 3.05) is 12.8 Å². The standard InChI is InChI=1S/C12H15BrClNOS/c1-12(2,17-3)7-15-11(16)8-4-5-9(13)10(14)6-8/h4-6H,7H2,1-3H3,(H,15,16). The van der Waals surface area contributed by atoms with Crippen molar-refractivity contribution in [3.63, 3.8) is 0 Å². The highest BCUT2D eigenvalue weighted by molar-refractivity contribution is 9.10. The maximum Gasteiger partial charge on any atom is 0.251 e. The Morgan fingerprint density at radius 1 is 1.53 bits per heavy atom. The van der Waals surface area contributed by atoms with Crippen LogP contribution in [-0.2, 0) is 0 Å². The molecule has 1 aromatic rings. The van der Waals surface area contributed by atoms with Crippen LogP contribution in [0.3, 0.4) is 0 Å². The summed E-state index contributed by atoms with van der Waals surface area (Å²) in [4.78, 5) is 11.9. The van der Waals surface area contributed by atoms with Crippen LogP contribution in [0, 0.1) is 0 Å². The number of thioether (sulfide) groups is 1. The van der Waals surface area contributed by atoms with Crippen LogP contribution in [0.5, 0.6) is 0 Å². The summed E-state index contributed by atoms with van der Waals surface area (Å²) >= 11 is 11.0. The molecule has 94 valence electrons. The van der Waals surface area contributed by atoms with Gasteiger partial charge in [0, 0.05) is 21.3 Å². The predicted molar refractivity (Wildman–Crippen MR) is 79.1 cm³/mol. The van der Waals surface area contributed by atoms with Gasteiger partial charge in [-0.3, -0.25) is 4.79 Å². The average Bonchev–Trinajstić information content (AvgIpc) is 2.30. The molecule has 1 aromatic carbocycles. The number of carbonyl (C=O) groups excluding carboxylic acids is 1. The molecule has 0 aliphatic heterocycles. The first-order valence-electron chi connectivity index (χ1n) is 5.14. The maximum atomic E-state index is 11.9. The van der Waals surface area contributed by atoms with E-state index in [9.17, 15) is 4.79 Å². The molecule has 5 heteroatoms. The van der Waals surface area contributed by atoms with E-state index in [4.69, 9.17) is 11.6 Å². The number of halogens is 2. The predicted octanol–water partition coefficient (Wildman–Crippen LogP) is 3.97. The zero-order valence-corrected chi connectivity index (χ0v) is 13.2.